The lowest BCUT2D eigenvalue weighted by molar-refractivity contribution is -0.384. The van der Waals surface area contributed by atoms with Crippen LogP contribution in [0.15, 0.2) is 42.5 Å². The molecule has 0 radical (unpaired) electrons. The van der Waals surface area contributed by atoms with Crippen LogP contribution in [0.4, 0.5) is 11.4 Å². The van der Waals surface area contributed by atoms with Gasteiger partial charge in [-0.25, -0.2) is 0 Å². The standard InChI is InChI=1S/C19H21N3O4/c1-2-26-15-8-5-13(6-9-15)16-4-3-11-21(16)17-10-7-14(19(20)23)12-18(17)22(24)25/h5-10,12,16H,2-4,11H2,1H3,(H2,20,23)/t16-/m0/s1. The molecule has 3 rings (SSSR count). The van der Waals surface area contributed by atoms with Crippen molar-refractivity contribution in [2.75, 3.05) is 18.1 Å². The average molecular weight is 355 g/mol. The van der Waals surface area contributed by atoms with Crippen LogP contribution in [0.3, 0.4) is 0 Å². The van der Waals surface area contributed by atoms with Gasteiger partial charge in [0.25, 0.3) is 5.69 Å². The summed E-state index contributed by atoms with van der Waals surface area (Å²) >= 11 is 0. The Morgan fingerprint density at radius 1 is 1.31 bits per heavy atom. The van der Waals surface area contributed by atoms with Crippen molar-refractivity contribution in [2.45, 2.75) is 25.8 Å². The molecular weight excluding hydrogens is 334 g/mol. The third kappa shape index (κ3) is 3.46. The summed E-state index contributed by atoms with van der Waals surface area (Å²) in [6, 6.07) is 12.3. The van der Waals surface area contributed by atoms with Crippen LogP contribution in [0.1, 0.15) is 41.7 Å². The van der Waals surface area contributed by atoms with Gasteiger partial charge in [-0.2, -0.15) is 0 Å². The van der Waals surface area contributed by atoms with E-state index in [0.29, 0.717) is 18.8 Å². The Hall–Kier alpha value is -3.09. The van der Waals surface area contributed by atoms with E-state index in [-0.39, 0.29) is 17.3 Å². The molecule has 0 bridgehead atoms. The number of nitro groups is 1. The molecule has 1 atom stereocenters. The number of hydrogen-bond acceptors (Lipinski definition) is 5. The predicted molar refractivity (Wildman–Crippen MR) is 98.5 cm³/mol. The van der Waals surface area contributed by atoms with Crippen molar-refractivity contribution in [1.82, 2.24) is 0 Å². The maximum Gasteiger partial charge on any atom is 0.293 e. The van der Waals surface area contributed by atoms with E-state index >= 15 is 0 Å². The molecule has 0 saturated carbocycles. The second kappa shape index (κ2) is 7.43. The third-order valence-corrected chi connectivity index (χ3v) is 4.59. The van der Waals surface area contributed by atoms with E-state index in [1.165, 1.54) is 12.1 Å². The molecule has 0 aliphatic carbocycles. The van der Waals surface area contributed by atoms with E-state index in [4.69, 9.17) is 10.5 Å². The largest absolute Gasteiger partial charge is 0.494 e. The number of carbonyl (C=O) groups is 1. The third-order valence-electron chi connectivity index (χ3n) is 4.59. The van der Waals surface area contributed by atoms with Gasteiger partial charge in [-0.1, -0.05) is 12.1 Å². The number of benzene rings is 2. The molecule has 136 valence electrons. The lowest BCUT2D eigenvalue weighted by Crippen LogP contribution is -2.24. The number of ether oxygens (including phenoxy) is 1. The number of nitrogens with zero attached hydrogens (tertiary/aromatic N) is 2. The van der Waals surface area contributed by atoms with Crippen molar-refractivity contribution in [2.24, 2.45) is 5.73 Å². The van der Waals surface area contributed by atoms with Gasteiger partial charge in [-0.05, 0) is 49.6 Å². The van der Waals surface area contributed by atoms with Crippen molar-refractivity contribution in [3.8, 4) is 5.75 Å². The number of hydrogen-bond donors (Lipinski definition) is 1. The Bertz CT molecular complexity index is 820. The van der Waals surface area contributed by atoms with Gasteiger partial charge in [-0.15, -0.1) is 0 Å². The van der Waals surface area contributed by atoms with Crippen molar-refractivity contribution in [3.63, 3.8) is 0 Å². The fourth-order valence-corrected chi connectivity index (χ4v) is 3.42. The molecule has 0 spiro atoms. The summed E-state index contributed by atoms with van der Waals surface area (Å²) < 4.78 is 5.47. The quantitative estimate of drug-likeness (QED) is 0.632. The normalized spacial score (nSPS) is 16.5. The lowest BCUT2D eigenvalue weighted by atomic mass is 10.0. The molecule has 1 heterocycles. The van der Waals surface area contributed by atoms with E-state index in [9.17, 15) is 14.9 Å². The van der Waals surface area contributed by atoms with Gasteiger partial charge < -0.3 is 15.4 Å². The zero-order valence-electron chi connectivity index (χ0n) is 14.6. The Morgan fingerprint density at radius 3 is 2.65 bits per heavy atom. The number of carbonyl (C=O) groups excluding carboxylic acids is 1. The van der Waals surface area contributed by atoms with Crippen molar-refractivity contribution >= 4 is 17.3 Å². The monoisotopic (exact) mass is 355 g/mol. The summed E-state index contributed by atoms with van der Waals surface area (Å²) in [6.07, 6.45) is 1.84. The van der Waals surface area contributed by atoms with E-state index in [0.717, 1.165) is 24.2 Å². The minimum atomic E-state index is -0.677. The average Bonchev–Trinajstić information content (AvgIpc) is 3.11. The Morgan fingerprint density at radius 2 is 2.04 bits per heavy atom. The van der Waals surface area contributed by atoms with Crippen LogP contribution in [0.5, 0.6) is 5.75 Å². The molecule has 0 unspecified atom stereocenters. The fraction of sp³-hybridized carbons (Fsp3) is 0.316. The summed E-state index contributed by atoms with van der Waals surface area (Å²) in [4.78, 5) is 24.4. The van der Waals surface area contributed by atoms with Crippen LogP contribution >= 0.6 is 0 Å². The number of amides is 1. The van der Waals surface area contributed by atoms with E-state index < -0.39 is 10.8 Å². The number of anilines is 1. The Balaban J connectivity index is 1.95. The highest BCUT2D eigenvalue weighted by Gasteiger charge is 2.31. The van der Waals surface area contributed by atoms with Crippen LogP contribution in [0.2, 0.25) is 0 Å². The summed E-state index contributed by atoms with van der Waals surface area (Å²) in [6.45, 7) is 3.25. The topological polar surface area (TPSA) is 98.7 Å². The zero-order chi connectivity index (χ0) is 18.7. The van der Waals surface area contributed by atoms with Crippen LogP contribution in [-0.2, 0) is 0 Å². The van der Waals surface area contributed by atoms with Gasteiger partial charge in [0.2, 0.25) is 5.91 Å². The van der Waals surface area contributed by atoms with Crippen LogP contribution in [0, 0.1) is 10.1 Å². The van der Waals surface area contributed by atoms with Crippen molar-refractivity contribution < 1.29 is 14.5 Å². The first-order chi connectivity index (χ1) is 12.5. The first-order valence-corrected chi connectivity index (χ1v) is 8.59. The Kier molecular flexibility index (Phi) is 5.06. The molecule has 1 amide bonds. The highest BCUT2D eigenvalue weighted by atomic mass is 16.6. The van der Waals surface area contributed by atoms with Gasteiger partial charge in [0.1, 0.15) is 11.4 Å². The fourth-order valence-electron chi connectivity index (χ4n) is 3.42. The smallest absolute Gasteiger partial charge is 0.293 e. The van der Waals surface area contributed by atoms with Gasteiger partial charge >= 0.3 is 0 Å². The molecule has 7 heteroatoms. The number of primary amides is 1. The number of rotatable bonds is 6. The number of nitrogens with two attached hydrogens (primary N) is 1. The number of nitro benzene ring substituents is 1. The van der Waals surface area contributed by atoms with Gasteiger partial charge in [-0.3, -0.25) is 14.9 Å². The van der Waals surface area contributed by atoms with Gasteiger partial charge in [0.15, 0.2) is 0 Å². The van der Waals surface area contributed by atoms with E-state index in [1.54, 1.807) is 6.07 Å². The van der Waals surface area contributed by atoms with Gasteiger partial charge in [0, 0.05) is 18.2 Å². The molecule has 2 aromatic rings. The first-order valence-electron chi connectivity index (χ1n) is 8.59. The summed E-state index contributed by atoms with van der Waals surface area (Å²) in [7, 11) is 0. The predicted octanol–water partition coefficient (Wildman–Crippen LogP) is 3.43. The Labute approximate surface area is 151 Å². The maximum absolute atomic E-state index is 11.5. The second-order valence-corrected chi connectivity index (χ2v) is 6.18. The summed E-state index contributed by atoms with van der Waals surface area (Å²) in [5.41, 5.74) is 6.89. The molecule has 2 aromatic carbocycles. The highest BCUT2D eigenvalue weighted by Crippen LogP contribution is 2.41. The zero-order valence-corrected chi connectivity index (χ0v) is 14.6. The molecule has 7 nitrogen and oxygen atoms in total. The van der Waals surface area contributed by atoms with E-state index in [2.05, 4.69) is 0 Å². The molecule has 2 N–H and O–H groups in total. The highest BCUT2D eigenvalue weighted by molar-refractivity contribution is 5.94. The van der Waals surface area contributed by atoms with E-state index in [1.807, 2.05) is 36.1 Å². The van der Waals surface area contributed by atoms with Crippen LogP contribution in [0.25, 0.3) is 0 Å². The molecule has 1 saturated heterocycles. The minimum absolute atomic E-state index is 0.0452. The summed E-state index contributed by atoms with van der Waals surface area (Å²) in [5.74, 6) is 0.127. The van der Waals surface area contributed by atoms with Crippen molar-refractivity contribution in [3.05, 3.63) is 63.7 Å². The second-order valence-electron chi connectivity index (χ2n) is 6.18. The van der Waals surface area contributed by atoms with Gasteiger partial charge in [0.05, 0.1) is 17.6 Å². The molecule has 26 heavy (non-hydrogen) atoms. The summed E-state index contributed by atoms with van der Waals surface area (Å²) in [5, 5.41) is 11.5. The van der Waals surface area contributed by atoms with Crippen LogP contribution in [-0.4, -0.2) is 24.0 Å². The molecule has 0 aromatic heterocycles. The lowest BCUT2D eigenvalue weighted by Gasteiger charge is -2.27. The molecule has 1 fully saturated rings. The minimum Gasteiger partial charge on any atom is -0.494 e. The SMILES string of the molecule is CCOc1ccc([C@@H]2CCCN2c2ccc(C(N)=O)cc2[N+](=O)[O-])cc1. The molecule has 1 aliphatic heterocycles. The molecular formula is C19H21N3O4. The molecule has 1 aliphatic rings. The van der Waals surface area contributed by atoms with Crippen LogP contribution < -0.4 is 15.4 Å². The maximum atomic E-state index is 11.5. The first kappa shape index (κ1) is 17.7. The van der Waals surface area contributed by atoms with Crippen molar-refractivity contribution in [1.29, 1.82) is 0 Å².